The Morgan fingerprint density at radius 1 is 1.15 bits per heavy atom. The van der Waals surface area contributed by atoms with E-state index >= 15 is 0 Å². The van der Waals surface area contributed by atoms with E-state index in [2.05, 4.69) is 15.3 Å². The van der Waals surface area contributed by atoms with Crippen LogP contribution in [0.25, 0.3) is 0 Å². The van der Waals surface area contributed by atoms with Gasteiger partial charge in [0.15, 0.2) is 5.54 Å². The number of likely N-dealkylation sites (tertiary alicyclic amines) is 1. The molecule has 8 nitrogen and oxygen atoms in total. The molecule has 0 radical (unpaired) electrons. The Morgan fingerprint density at radius 2 is 2.00 bits per heavy atom. The van der Waals surface area contributed by atoms with Crippen LogP contribution in [0.1, 0.15) is 29.1 Å². The number of imide groups is 1. The standard InChI is InChI=1S/C24H25N5O3S2/c30-21(14-18-15-33-16-26-18)28-10-6-17(7-11-28)24(20-5-1-2-9-25-20)22(31)29(23(32)27-24)12-8-19-4-3-13-34-19/h1-5,9,13,15-17H,6-8,10-12,14H2,(H,27,32)/t24-/m1/s1. The summed E-state index contributed by atoms with van der Waals surface area (Å²) in [6.07, 6.45) is 3.76. The molecule has 2 saturated heterocycles. The molecule has 3 aromatic rings. The minimum Gasteiger partial charge on any atom is -0.342 e. The normalized spacial score (nSPS) is 21.2. The number of thiazole rings is 1. The summed E-state index contributed by atoms with van der Waals surface area (Å²) in [7, 11) is 0. The summed E-state index contributed by atoms with van der Waals surface area (Å²) in [5, 5.41) is 6.91. The number of carbonyl (C=O) groups excluding carboxylic acids is 3. The van der Waals surface area contributed by atoms with Gasteiger partial charge in [-0.2, -0.15) is 0 Å². The zero-order chi connectivity index (χ0) is 23.5. The van der Waals surface area contributed by atoms with E-state index in [4.69, 9.17) is 0 Å². The summed E-state index contributed by atoms with van der Waals surface area (Å²) in [6.45, 7) is 1.38. The molecule has 10 heteroatoms. The summed E-state index contributed by atoms with van der Waals surface area (Å²) in [6, 6.07) is 9.04. The number of amides is 4. The van der Waals surface area contributed by atoms with Crippen LogP contribution < -0.4 is 5.32 Å². The third kappa shape index (κ3) is 4.23. The molecule has 0 bridgehead atoms. The second kappa shape index (κ2) is 9.63. The highest BCUT2D eigenvalue weighted by molar-refractivity contribution is 7.09. The molecule has 0 aliphatic carbocycles. The van der Waals surface area contributed by atoms with E-state index in [0.717, 1.165) is 10.6 Å². The summed E-state index contributed by atoms with van der Waals surface area (Å²) in [4.78, 5) is 52.6. The second-order valence-corrected chi connectivity index (χ2v) is 10.3. The molecule has 4 amide bonds. The molecule has 2 aliphatic rings. The lowest BCUT2D eigenvalue weighted by Gasteiger charge is -2.40. The van der Waals surface area contributed by atoms with Crippen molar-refractivity contribution in [2.24, 2.45) is 5.92 Å². The molecule has 3 aromatic heterocycles. The molecule has 0 aromatic carbocycles. The number of hydrogen-bond donors (Lipinski definition) is 1. The SMILES string of the molecule is O=C(Cc1cscn1)N1CCC([C@]2(c3ccccn3)NC(=O)N(CCc3cccs3)C2=O)CC1. The minimum atomic E-state index is -1.21. The van der Waals surface area contributed by atoms with Crippen molar-refractivity contribution in [2.75, 3.05) is 19.6 Å². The predicted molar refractivity (Wildman–Crippen MR) is 129 cm³/mol. The van der Waals surface area contributed by atoms with Crippen molar-refractivity contribution in [3.8, 4) is 0 Å². The van der Waals surface area contributed by atoms with E-state index in [1.165, 1.54) is 16.2 Å². The van der Waals surface area contributed by atoms with Crippen LogP contribution in [0.2, 0.25) is 0 Å². The van der Waals surface area contributed by atoms with E-state index in [1.807, 2.05) is 33.9 Å². The molecular formula is C24H25N5O3S2. The van der Waals surface area contributed by atoms with E-state index in [0.29, 0.717) is 44.6 Å². The van der Waals surface area contributed by atoms with Gasteiger partial charge >= 0.3 is 6.03 Å². The van der Waals surface area contributed by atoms with Gasteiger partial charge < -0.3 is 10.2 Å². The van der Waals surface area contributed by atoms with Crippen LogP contribution in [0, 0.1) is 5.92 Å². The second-order valence-electron chi connectivity index (χ2n) is 8.55. The first-order chi connectivity index (χ1) is 16.6. The molecule has 5 heterocycles. The van der Waals surface area contributed by atoms with Crippen molar-refractivity contribution in [3.63, 3.8) is 0 Å². The Balaban J connectivity index is 1.34. The van der Waals surface area contributed by atoms with Gasteiger partial charge in [-0.25, -0.2) is 9.78 Å². The molecule has 1 N–H and O–H groups in total. The maximum atomic E-state index is 13.8. The van der Waals surface area contributed by atoms with Crippen molar-refractivity contribution >= 4 is 40.5 Å². The number of urea groups is 1. The number of thiophene rings is 1. The summed E-state index contributed by atoms with van der Waals surface area (Å²) in [5.74, 6) is -0.371. The van der Waals surface area contributed by atoms with Gasteiger partial charge in [-0.15, -0.1) is 22.7 Å². The largest absolute Gasteiger partial charge is 0.342 e. The molecule has 0 spiro atoms. The zero-order valence-corrected chi connectivity index (χ0v) is 20.2. The van der Waals surface area contributed by atoms with E-state index in [-0.39, 0.29) is 30.2 Å². The van der Waals surface area contributed by atoms with Crippen LogP contribution in [0.5, 0.6) is 0 Å². The Kier molecular flexibility index (Phi) is 6.42. The Hall–Kier alpha value is -3.11. The lowest BCUT2D eigenvalue weighted by atomic mass is 9.75. The number of rotatable bonds is 7. The van der Waals surface area contributed by atoms with Crippen molar-refractivity contribution < 1.29 is 14.4 Å². The monoisotopic (exact) mass is 495 g/mol. The van der Waals surface area contributed by atoms with Crippen LogP contribution in [-0.2, 0) is 28.0 Å². The first kappa shape index (κ1) is 22.7. The van der Waals surface area contributed by atoms with Crippen molar-refractivity contribution in [1.29, 1.82) is 0 Å². The maximum Gasteiger partial charge on any atom is 0.325 e. The van der Waals surface area contributed by atoms with Gasteiger partial charge in [-0.05, 0) is 42.8 Å². The molecule has 5 rings (SSSR count). The Bertz CT molecular complexity index is 1140. The predicted octanol–water partition coefficient (Wildman–Crippen LogP) is 3.07. The van der Waals surface area contributed by atoms with Gasteiger partial charge in [0, 0.05) is 42.0 Å². The Labute approximate surface area is 205 Å². The summed E-state index contributed by atoms with van der Waals surface area (Å²) in [5.41, 5.74) is 1.85. The molecular weight excluding hydrogens is 470 g/mol. The highest BCUT2D eigenvalue weighted by Gasteiger charge is 2.58. The van der Waals surface area contributed by atoms with Crippen LogP contribution in [0.3, 0.4) is 0 Å². The lowest BCUT2D eigenvalue weighted by molar-refractivity contribution is -0.136. The first-order valence-electron chi connectivity index (χ1n) is 11.3. The van der Waals surface area contributed by atoms with E-state index in [9.17, 15) is 14.4 Å². The van der Waals surface area contributed by atoms with Gasteiger partial charge in [-0.1, -0.05) is 12.1 Å². The number of nitrogens with zero attached hydrogens (tertiary/aromatic N) is 4. The quantitative estimate of drug-likeness (QED) is 0.509. The fourth-order valence-corrected chi connectivity index (χ4v) is 6.14. The van der Waals surface area contributed by atoms with Gasteiger partial charge in [0.1, 0.15) is 0 Å². The van der Waals surface area contributed by atoms with Gasteiger partial charge in [0.25, 0.3) is 5.91 Å². The van der Waals surface area contributed by atoms with Gasteiger partial charge in [0.05, 0.1) is 23.3 Å². The highest BCUT2D eigenvalue weighted by Crippen LogP contribution is 2.40. The third-order valence-corrected chi connectivity index (χ3v) is 8.21. The van der Waals surface area contributed by atoms with Crippen LogP contribution >= 0.6 is 22.7 Å². The highest BCUT2D eigenvalue weighted by atomic mass is 32.1. The number of carbonyl (C=O) groups is 3. The number of pyridine rings is 1. The first-order valence-corrected chi connectivity index (χ1v) is 13.1. The molecule has 2 fully saturated rings. The van der Waals surface area contributed by atoms with Gasteiger partial charge in [-0.3, -0.25) is 19.5 Å². The molecule has 0 unspecified atom stereocenters. The zero-order valence-electron chi connectivity index (χ0n) is 18.6. The smallest absolute Gasteiger partial charge is 0.325 e. The number of piperidine rings is 1. The Morgan fingerprint density at radius 3 is 2.68 bits per heavy atom. The summed E-state index contributed by atoms with van der Waals surface area (Å²) < 4.78 is 0. The average Bonchev–Trinajstić information content (AvgIpc) is 3.61. The average molecular weight is 496 g/mol. The minimum absolute atomic E-state index is 0.0376. The number of hydrogen-bond acceptors (Lipinski definition) is 7. The number of aromatic nitrogens is 2. The van der Waals surface area contributed by atoms with E-state index < -0.39 is 5.54 Å². The molecule has 2 aliphatic heterocycles. The van der Waals surface area contributed by atoms with Crippen molar-refractivity contribution in [3.05, 3.63) is 69.1 Å². The topological polar surface area (TPSA) is 95.5 Å². The fraction of sp³-hybridized carbons (Fsp3) is 0.375. The molecule has 1 atom stereocenters. The molecule has 34 heavy (non-hydrogen) atoms. The molecule has 176 valence electrons. The van der Waals surface area contributed by atoms with E-state index in [1.54, 1.807) is 35.2 Å². The fourth-order valence-electron chi connectivity index (χ4n) is 4.88. The van der Waals surface area contributed by atoms with Crippen molar-refractivity contribution in [1.82, 2.24) is 25.1 Å². The van der Waals surface area contributed by atoms with Gasteiger partial charge in [0.2, 0.25) is 5.91 Å². The third-order valence-electron chi connectivity index (χ3n) is 6.64. The van der Waals surface area contributed by atoms with Crippen molar-refractivity contribution in [2.45, 2.75) is 31.2 Å². The summed E-state index contributed by atoms with van der Waals surface area (Å²) >= 11 is 3.09. The van der Waals surface area contributed by atoms with Crippen LogP contribution in [-0.4, -0.2) is 57.2 Å². The van der Waals surface area contributed by atoms with Crippen LogP contribution in [0.4, 0.5) is 4.79 Å². The lowest BCUT2D eigenvalue weighted by Crippen LogP contribution is -2.54. The number of nitrogens with one attached hydrogen (secondary N) is 1. The van der Waals surface area contributed by atoms with Crippen LogP contribution in [0.15, 0.2) is 52.8 Å². The maximum absolute atomic E-state index is 13.8. The molecule has 0 saturated carbocycles.